The van der Waals surface area contributed by atoms with Crippen LogP contribution >= 0.6 is 0 Å². The fraction of sp³-hybridized carbons (Fsp3) is 0.476. The zero-order valence-electron chi connectivity index (χ0n) is 16.9. The summed E-state index contributed by atoms with van der Waals surface area (Å²) in [6, 6.07) is 7.22. The van der Waals surface area contributed by atoms with Gasteiger partial charge in [-0.1, -0.05) is 0 Å². The molecule has 1 aliphatic rings. The zero-order valence-corrected chi connectivity index (χ0v) is 16.9. The van der Waals surface area contributed by atoms with Crippen molar-refractivity contribution in [1.29, 1.82) is 0 Å². The number of ether oxygens (including phenoxy) is 2. The standard InChI is InChI=1S/C21H28N4O4/c1-28-17-7-6-16(19(12-17)29-2)13-22-20(26)8-5-15-4-3-11-25(14-15)21(27)18-9-10-23-24-18/h6-7,9-10,12,15H,3-5,8,11,13-14H2,1-2H3,(H,22,26)(H,23,24)/t15-/m0/s1. The molecule has 2 aromatic rings. The maximum absolute atomic E-state index is 12.5. The Hall–Kier alpha value is -3.03. The van der Waals surface area contributed by atoms with Crippen LogP contribution in [0.5, 0.6) is 11.5 Å². The first-order chi connectivity index (χ1) is 14.1. The van der Waals surface area contributed by atoms with Gasteiger partial charge in [0.1, 0.15) is 17.2 Å². The van der Waals surface area contributed by atoms with Crippen LogP contribution in [0.3, 0.4) is 0 Å². The SMILES string of the molecule is COc1ccc(CNC(=O)CC[C@@H]2CCCN(C(=O)c3ccn[nH]3)C2)c(OC)c1. The highest BCUT2D eigenvalue weighted by atomic mass is 16.5. The number of aromatic nitrogens is 2. The van der Waals surface area contributed by atoms with E-state index in [2.05, 4.69) is 15.5 Å². The van der Waals surface area contributed by atoms with Crippen LogP contribution in [0, 0.1) is 5.92 Å². The molecule has 8 nitrogen and oxygen atoms in total. The molecule has 2 N–H and O–H groups in total. The number of carbonyl (C=O) groups is 2. The van der Waals surface area contributed by atoms with Gasteiger partial charge in [-0.2, -0.15) is 5.10 Å². The fourth-order valence-electron chi connectivity index (χ4n) is 3.65. The smallest absolute Gasteiger partial charge is 0.271 e. The Morgan fingerprint density at radius 1 is 1.28 bits per heavy atom. The molecule has 2 heterocycles. The number of aromatic amines is 1. The van der Waals surface area contributed by atoms with E-state index in [1.807, 2.05) is 17.0 Å². The molecule has 1 fully saturated rings. The first-order valence-electron chi connectivity index (χ1n) is 9.87. The normalized spacial score (nSPS) is 16.3. The second-order valence-corrected chi connectivity index (χ2v) is 7.22. The van der Waals surface area contributed by atoms with Crippen molar-refractivity contribution in [2.75, 3.05) is 27.3 Å². The molecule has 0 saturated carbocycles. The van der Waals surface area contributed by atoms with Crippen molar-refractivity contribution in [2.45, 2.75) is 32.2 Å². The average Bonchev–Trinajstić information content (AvgIpc) is 3.30. The Morgan fingerprint density at radius 3 is 2.86 bits per heavy atom. The molecule has 1 aliphatic heterocycles. The Morgan fingerprint density at radius 2 is 2.14 bits per heavy atom. The predicted octanol–water partition coefficient (Wildman–Crippen LogP) is 2.38. The number of carbonyl (C=O) groups excluding carboxylic acids is 2. The minimum atomic E-state index is -0.0248. The van der Waals surface area contributed by atoms with Crippen molar-refractivity contribution in [3.63, 3.8) is 0 Å². The van der Waals surface area contributed by atoms with Crippen LogP contribution in [0.1, 0.15) is 41.7 Å². The maximum atomic E-state index is 12.5. The Labute approximate surface area is 170 Å². The molecular weight excluding hydrogens is 372 g/mol. The Kier molecular flexibility index (Phi) is 7.10. The number of amides is 2. The van der Waals surface area contributed by atoms with Gasteiger partial charge in [0.15, 0.2) is 0 Å². The number of nitrogens with one attached hydrogen (secondary N) is 2. The summed E-state index contributed by atoms with van der Waals surface area (Å²) in [5.41, 5.74) is 1.41. The molecule has 1 atom stereocenters. The summed E-state index contributed by atoms with van der Waals surface area (Å²) >= 11 is 0. The number of nitrogens with zero attached hydrogens (tertiary/aromatic N) is 2. The quantitative estimate of drug-likeness (QED) is 0.709. The maximum Gasteiger partial charge on any atom is 0.271 e. The summed E-state index contributed by atoms with van der Waals surface area (Å²) in [6.07, 6.45) is 4.77. The Balaban J connectivity index is 1.45. The number of hydrogen-bond acceptors (Lipinski definition) is 5. The van der Waals surface area contributed by atoms with Gasteiger partial charge in [0.2, 0.25) is 5.91 Å². The van der Waals surface area contributed by atoms with E-state index in [1.54, 1.807) is 32.5 Å². The van der Waals surface area contributed by atoms with Crippen LogP contribution < -0.4 is 14.8 Å². The summed E-state index contributed by atoms with van der Waals surface area (Å²) in [5, 5.41) is 9.52. The molecule has 156 valence electrons. The van der Waals surface area contributed by atoms with Crippen LogP contribution in [-0.4, -0.2) is 54.2 Å². The number of methoxy groups -OCH3 is 2. The van der Waals surface area contributed by atoms with Crippen LogP contribution in [0.4, 0.5) is 0 Å². The van der Waals surface area contributed by atoms with Crippen molar-refractivity contribution in [2.24, 2.45) is 5.92 Å². The number of rotatable bonds is 8. The predicted molar refractivity (Wildman–Crippen MR) is 108 cm³/mol. The molecule has 3 rings (SSSR count). The molecule has 2 amide bonds. The van der Waals surface area contributed by atoms with E-state index in [1.165, 1.54) is 0 Å². The highest BCUT2D eigenvalue weighted by Gasteiger charge is 2.25. The number of benzene rings is 1. The largest absolute Gasteiger partial charge is 0.497 e. The van der Waals surface area contributed by atoms with Crippen molar-refractivity contribution in [1.82, 2.24) is 20.4 Å². The van der Waals surface area contributed by atoms with Gasteiger partial charge in [0.05, 0.1) is 14.2 Å². The Bertz CT molecular complexity index is 822. The van der Waals surface area contributed by atoms with Crippen molar-refractivity contribution in [3.05, 3.63) is 41.7 Å². The molecular formula is C21H28N4O4. The molecule has 0 aliphatic carbocycles. The van der Waals surface area contributed by atoms with Gasteiger partial charge < -0.3 is 19.7 Å². The number of H-pyrrole nitrogens is 1. The van der Waals surface area contributed by atoms with Gasteiger partial charge in [0, 0.05) is 43.9 Å². The van der Waals surface area contributed by atoms with Crippen LogP contribution in [0.2, 0.25) is 0 Å². The number of likely N-dealkylation sites (tertiary alicyclic amines) is 1. The molecule has 1 saturated heterocycles. The third-order valence-electron chi connectivity index (χ3n) is 5.29. The molecule has 1 aromatic heterocycles. The third kappa shape index (κ3) is 5.49. The molecule has 0 bridgehead atoms. The van der Waals surface area contributed by atoms with E-state index in [0.717, 1.165) is 31.4 Å². The minimum absolute atomic E-state index is 0.000103. The van der Waals surface area contributed by atoms with E-state index in [4.69, 9.17) is 9.47 Å². The second kappa shape index (κ2) is 9.95. The van der Waals surface area contributed by atoms with Crippen LogP contribution in [-0.2, 0) is 11.3 Å². The highest BCUT2D eigenvalue weighted by Crippen LogP contribution is 2.25. The summed E-state index contributed by atoms with van der Waals surface area (Å²) in [4.78, 5) is 26.6. The van der Waals surface area contributed by atoms with Gasteiger partial charge in [-0.05, 0) is 43.4 Å². The van der Waals surface area contributed by atoms with Gasteiger partial charge in [-0.3, -0.25) is 14.7 Å². The van der Waals surface area contributed by atoms with Crippen molar-refractivity contribution in [3.8, 4) is 11.5 Å². The monoisotopic (exact) mass is 400 g/mol. The third-order valence-corrected chi connectivity index (χ3v) is 5.29. The molecule has 1 aromatic carbocycles. The second-order valence-electron chi connectivity index (χ2n) is 7.22. The summed E-state index contributed by atoms with van der Waals surface area (Å²) < 4.78 is 10.6. The van der Waals surface area contributed by atoms with Crippen molar-refractivity contribution < 1.29 is 19.1 Å². The van der Waals surface area contributed by atoms with E-state index in [0.29, 0.717) is 42.6 Å². The minimum Gasteiger partial charge on any atom is -0.497 e. The van der Waals surface area contributed by atoms with Crippen molar-refractivity contribution >= 4 is 11.8 Å². The van der Waals surface area contributed by atoms with E-state index >= 15 is 0 Å². The zero-order chi connectivity index (χ0) is 20.6. The van der Waals surface area contributed by atoms with Gasteiger partial charge >= 0.3 is 0 Å². The van der Waals surface area contributed by atoms with Crippen LogP contribution in [0.15, 0.2) is 30.5 Å². The summed E-state index contributed by atoms with van der Waals surface area (Å²) in [5.74, 6) is 1.70. The number of piperidine rings is 1. The average molecular weight is 400 g/mol. The molecule has 8 heteroatoms. The fourth-order valence-corrected chi connectivity index (χ4v) is 3.65. The lowest BCUT2D eigenvalue weighted by Crippen LogP contribution is -2.40. The van der Waals surface area contributed by atoms with Gasteiger partial charge in [-0.25, -0.2) is 0 Å². The topological polar surface area (TPSA) is 96.5 Å². The van der Waals surface area contributed by atoms with E-state index in [-0.39, 0.29) is 11.8 Å². The van der Waals surface area contributed by atoms with E-state index in [9.17, 15) is 9.59 Å². The summed E-state index contributed by atoms with van der Waals surface area (Å²) in [7, 11) is 3.20. The first kappa shape index (κ1) is 20.7. The first-order valence-corrected chi connectivity index (χ1v) is 9.87. The molecule has 0 radical (unpaired) electrons. The lowest BCUT2D eigenvalue weighted by atomic mass is 9.93. The lowest BCUT2D eigenvalue weighted by Gasteiger charge is -2.32. The van der Waals surface area contributed by atoms with Gasteiger partial charge in [0.25, 0.3) is 5.91 Å². The highest BCUT2D eigenvalue weighted by molar-refractivity contribution is 5.92. The molecule has 0 spiro atoms. The summed E-state index contributed by atoms with van der Waals surface area (Å²) in [6.45, 7) is 1.83. The lowest BCUT2D eigenvalue weighted by molar-refractivity contribution is -0.121. The van der Waals surface area contributed by atoms with Crippen LogP contribution in [0.25, 0.3) is 0 Å². The van der Waals surface area contributed by atoms with E-state index < -0.39 is 0 Å². The van der Waals surface area contributed by atoms with Gasteiger partial charge in [-0.15, -0.1) is 0 Å². The molecule has 0 unspecified atom stereocenters. The molecule has 29 heavy (non-hydrogen) atoms. The number of hydrogen-bond donors (Lipinski definition) is 2.